The molecule has 0 radical (unpaired) electrons. The summed E-state index contributed by atoms with van der Waals surface area (Å²) in [5.41, 5.74) is 1.04. The molecule has 0 saturated heterocycles. The summed E-state index contributed by atoms with van der Waals surface area (Å²) in [5.74, 6) is 5.10. The van der Waals surface area contributed by atoms with Crippen LogP contribution in [0.4, 0.5) is 0 Å². The van der Waals surface area contributed by atoms with Gasteiger partial charge < -0.3 is 5.11 Å². The molecule has 0 unspecified atom stereocenters. The van der Waals surface area contributed by atoms with E-state index in [1.54, 1.807) is 18.2 Å². The molecule has 0 atom stereocenters. The number of nitrogens with zero attached hydrogens (tertiary/aromatic N) is 1. The highest BCUT2D eigenvalue weighted by Crippen LogP contribution is 2.15. The fourth-order valence-electron chi connectivity index (χ4n) is 1.68. The predicted molar refractivity (Wildman–Crippen MR) is 81.3 cm³/mol. The summed E-state index contributed by atoms with van der Waals surface area (Å²) in [6, 6.07) is 6.41. The standard InChI is InChI=1S/C14H14N2O3S2/c1-11-16-13(10-20-11)9-15-21(18,19)14-7-3-2-5-12(14)6-4-8-17/h2-3,5,7,10,15,17H,8-9H2,1H3. The lowest BCUT2D eigenvalue weighted by molar-refractivity contribution is 0.350. The van der Waals surface area contributed by atoms with Crippen LogP contribution in [0.1, 0.15) is 16.3 Å². The van der Waals surface area contributed by atoms with Gasteiger partial charge in [-0.1, -0.05) is 24.0 Å². The van der Waals surface area contributed by atoms with E-state index in [4.69, 9.17) is 5.11 Å². The molecule has 0 aliphatic rings. The van der Waals surface area contributed by atoms with Gasteiger partial charge in [0, 0.05) is 10.9 Å². The maximum atomic E-state index is 12.3. The van der Waals surface area contributed by atoms with Gasteiger partial charge in [0.15, 0.2) is 0 Å². The van der Waals surface area contributed by atoms with Gasteiger partial charge >= 0.3 is 0 Å². The van der Waals surface area contributed by atoms with Crippen molar-refractivity contribution in [2.24, 2.45) is 0 Å². The molecule has 1 aromatic heterocycles. The number of aliphatic hydroxyl groups is 1. The molecular weight excluding hydrogens is 308 g/mol. The molecule has 0 aliphatic carbocycles. The molecule has 0 aliphatic heterocycles. The van der Waals surface area contributed by atoms with Gasteiger partial charge in [0.25, 0.3) is 0 Å². The van der Waals surface area contributed by atoms with Gasteiger partial charge in [0.2, 0.25) is 10.0 Å². The molecule has 2 rings (SSSR count). The number of sulfonamides is 1. The van der Waals surface area contributed by atoms with Crippen LogP contribution in [0.25, 0.3) is 0 Å². The highest BCUT2D eigenvalue weighted by molar-refractivity contribution is 7.89. The van der Waals surface area contributed by atoms with E-state index in [0.717, 1.165) is 5.01 Å². The number of aromatic nitrogens is 1. The normalized spacial score (nSPS) is 11.0. The molecular formula is C14H14N2O3S2. The minimum absolute atomic E-state index is 0.0953. The molecule has 0 fully saturated rings. The number of hydrogen-bond acceptors (Lipinski definition) is 5. The number of aryl methyl sites for hydroxylation is 1. The molecule has 2 N–H and O–H groups in total. The Morgan fingerprint density at radius 1 is 1.38 bits per heavy atom. The second-order valence-electron chi connectivity index (χ2n) is 4.14. The number of aliphatic hydroxyl groups excluding tert-OH is 1. The molecule has 0 bridgehead atoms. The average Bonchev–Trinajstić information content (AvgIpc) is 2.89. The van der Waals surface area contributed by atoms with Crippen LogP contribution in [0.5, 0.6) is 0 Å². The highest BCUT2D eigenvalue weighted by Gasteiger charge is 2.17. The molecule has 1 heterocycles. The van der Waals surface area contributed by atoms with E-state index in [9.17, 15) is 8.42 Å². The fraction of sp³-hybridized carbons (Fsp3) is 0.214. The first-order valence-electron chi connectivity index (χ1n) is 6.12. The Balaban J connectivity index is 2.23. The van der Waals surface area contributed by atoms with Crippen LogP contribution in [0.2, 0.25) is 0 Å². The first-order chi connectivity index (χ1) is 10.0. The Hall–Kier alpha value is -1.72. The summed E-state index contributed by atoms with van der Waals surface area (Å²) in [7, 11) is -3.68. The van der Waals surface area contributed by atoms with Gasteiger partial charge in [-0.3, -0.25) is 0 Å². The van der Waals surface area contributed by atoms with Crippen LogP contribution in [0, 0.1) is 18.8 Å². The molecule has 0 amide bonds. The topological polar surface area (TPSA) is 79.3 Å². The SMILES string of the molecule is Cc1nc(CNS(=O)(=O)c2ccccc2C#CCO)cs1. The Kier molecular flexibility index (Phi) is 5.09. The molecule has 110 valence electrons. The van der Waals surface area contributed by atoms with Crippen LogP contribution in [-0.2, 0) is 16.6 Å². The largest absolute Gasteiger partial charge is 0.384 e. The number of thiazole rings is 1. The zero-order chi connectivity index (χ0) is 15.3. The summed E-state index contributed by atoms with van der Waals surface area (Å²) in [6.07, 6.45) is 0. The van der Waals surface area contributed by atoms with E-state index in [1.807, 2.05) is 12.3 Å². The van der Waals surface area contributed by atoms with Crippen molar-refractivity contribution in [3.05, 3.63) is 45.9 Å². The molecule has 0 spiro atoms. The molecule has 1 aromatic carbocycles. The van der Waals surface area contributed by atoms with Gasteiger partial charge in [-0.15, -0.1) is 11.3 Å². The van der Waals surface area contributed by atoms with Crippen molar-refractivity contribution >= 4 is 21.4 Å². The van der Waals surface area contributed by atoms with Gasteiger partial charge in [-0.25, -0.2) is 18.1 Å². The zero-order valence-electron chi connectivity index (χ0n) is 11.3. The van der Waals surface area contributed by atoms with E-state index in [2.05, 4.69) is 21.5 Å². The van der Waals surface area contributed by atoms with Crippen LogP contribution >= 0.6 is 11.3 Å². The maximum absolute atomic E-state index is 12.3. The quantitative estimate of drug-likeness (QED) is 0.831. The predicted octanol–water partition coefficient (Wildman–Crippen LogP) is 1.27. The number of rotatable bonds is 4. The van der Waals surface area contributed by atoms with Gasteiger partial charge in [-0.05, 0) is 19.1 Å². The summed E-state index contributed by atoms with van der Waals surface area (Å²) in [5, 5.41) is 11.4. The van der Waals surface area contributed by atoms with Crippen molar-refractivity contribution in [2.45, 2.75) is 18.4 Å². The number of benzene rings is 1. The summed E-state index contributed by atoms with van der Waals surface area (Å²) < 4.78 is 27.2. The van der Waals surface area contributed by atoms with Crippen molar-refractivity contribution in [3.63, 3.8) is 0 Å². The first-order valence-corrected chi connectivity index (χ1v) is 8.48. The first kappa shape index (κ1) is 15.7. The van der Waals surface area contributed by atoms with Gasteiger partial charge in [-0.2, -0.15) is 0 Å². The minimum atomic E-state index is -3.68. The third kappa shape index (κ3) is 4.12. The second kappa shape index (κ2) is 6.83. The van der Waals surface area contributed by atoms with Crippen molar-refractivity contribution in [3.8, 4) is 11.8 Å². The van der Waals surface area contributed by atoms with E-state index in [0.29, 0.717) is 11.3 Å². The highest BCUT2D eigenvalue weighted by atomic mass is 32.2. The van der Waals surface area contributed by atoms with E-state index < -0.39 is 10.0 Å². The Labute approximate surface area is 127 Å². The lowest BCUT2D eigenvalue weighted by Gasteiger charge is -2.07. The maximum Gasteiger partial charge on any atom is 0.242 e. The average molecular weight is 322 g/mol. The molecule has 0 saturated carbocycles. The Morgan fingerprint density at radius 2 is 2.14 bits per heavy atom. The smallest absolute Gasteiger partial charge is 0.242 e. The number of hydrogen-bond donors (Lipinski definition) is 2. The summed E-state index contributed by atoms with van der Waals surface area (Å²) >= 11 is 1.47. The summed E-state index contributed by atoms with van der Waals surface area (Å²) in [6.45, 7) is 1.68. The van der Waals surface area contributed by atoms with Crippen LogP contribution < -0.4 is 4.72 Å². The molecule has 2 aromatic rings. The van der Waals surface area contributed by atoms with Crippen molar-refractivity contribution in [1.82, 2.24) is 9.71 Å². The van der Waals surface area contributed by atoms with E-state index in [-0.39, 0.29) is 18.0 Å². The Bertz CT molecular complexity index is 786. The minimum Gasteiger partial charge on any atom is -0.384 e. The van der Waals surface area contributed by atoms with Crippen LogP contribution in [0.3, 0.4) is 0 Å². The van der Waals surface area contributed by atoms with Gasteiger partial charge in [0.05, 0.1) is 22.1 Å². The molecule has 21 heavy (non-hydrogen) atoms. The molecule has 7 heteroatoms. The third-order valence-corrected chi connectivity index (χ3v) is 4.87. The number of nitrogens with one attached hydrogen (secondary N) is 1. The fourth-order valence-corrected chi connectivity index (χ4v) is 3.45. The summed E-state index contributed by atoms with van der Waals surface area (Å²) in [4.78, 5) is 4.31. The van der Waals surface area contributed by atoms with E-state index in [1.165, 1.54) is 17.4 Å². The van der Waals surface area contributed by atoms with E-state index >= 15 is 0 Å². The third-order valence-electron chi connectivity index (χ3n) is 2.59. The van der Waals surface area contributed by atoms with Crippen LogP contribution in [0.15, 0.2) is 34.5 Å². The zero-order valence-corrected chi connectivity index (χ0v) is 13.0. The van der Waals surface area contributed by atoms with Crippen LogP contribution in [-0.4, -0.2) is 25.1 Å². The molecule has 5 nitrogen and oxygen atoms in total. The van der Waals surface area contributed by atoms with Gasteiger partial charge in [0.1, 0.15) is 6.61 Å². The lowest BCUT2D eigenvalue weighted by atomic mass is 10.2. The Morgan fingerprint density at radius 3 is 2.81 bits per heavy atom. The lowest BCUT2D eigenvalue weighted by Crippen LogP contribution is -2.24. The monoisotopic (exact) mass is 322 g/mol. The van der Waals surface area contributed by atoms with Crippen molar-refractivity contribution in [1.29, 1.82) is 0 Å². The van der Waals surface area contributed by atoms with Crippen molar-refractivity contribution < 1.29 is 13.5 Å². The van der Waals surface area contributed by atoms with Crippen molar-refractivity contribution in [2.75, 3.05) is 6.61 Å². The second-order valence-corrected chi connectivity index (χ2v) is 6.94.